The molecule has 3 atom stereocenters. The maximum Gasteiger partial charge on any atom is 0.269 e. The minimum atomic E-state index is -2.11. The molecule has 3 heterocycles. The summed E-state index contributed by atoms with van der Waals surface area (Å²) in [6.07, 6.45) is 5.89. The van der Waals surface area contributed by atoms with Gasteiger partial charge in [-0.05, 0) is 54.7 Å². The van der Waals surface area contributed by atoms with E-state index < -0.39 is 22.3 Å². The highest BCUT2D eigenvalue weighted by Crippen LogP contribution is 2.47. The number of carbonyl (C=O) groups excluding carboxylic acids is 3. The lowest BCUT2D eigenvalue weighted by atomic mass is 9.82. The van der Waals surface area contributed by atoms with Crippen LogP contribution in [0.5, 0.6) is 0 Å². The quantitative estimate of drug-likeness (QED) is 0.203. The second-order valence-corrected chi connectivity index (χ2v) is 12.1. The lowest BCUT2D eigenvalue weighted by Gasteiger charge is -2.30. The summed E-state index contributed by atoms with van der Waals surface area (Å²) in [6, 6.07) is 18.9. The monoisotopic (exact) mass is 624 g/mol. The minimum Gasteiger partial charge on any atom is -0.394 e. The zero-order valence-corrected chi connectivity index (χ0v) is 25.5. The average molecular weight is 625 g/mol. The first-order valence-electron chi connectivity index (χ1n) is 15.5. The number of benzene rings is 3. The Balaban J connectivity index is 1.25. The molecule has 6 rings (SSSR count). The molecule has 2 N–H and O–H groups in total. The summed E-state index contributed by atoms with van der Waals surface area (Å²) in [4.78, 5) is 55.5. The maximum absolute atomic E-state index is 14.0. The Hall–Kier alpha value is -4.87. The Morgan fingerprint density at radius 1 is 1.09 bits per heavy atom. The van der Waals surface area contributed by atoms with E-state index in [9.17, 15) is 34.7 Å². The lowest BCUT2D eigenvalue weighted by Crippen LogP contribution is -2.44. The normalized spacial score (nSPS) is 21.5. The highest BCUT2D eigenvalue weighted by atomic mass is 16.6. The number of non-ortho nitro benzene ring substituents is 1. The van der Waals surface area contributed by atoms with Crippen LogP contribution in [0.25, 0.3) is 0 Å². The van der Waals surface area contributed by atoms with Crippen LogP contribution in [-0.4, -0.2) is 57.0 Å². The molecule has 0 spiro atoms. The van der Waals surface area contributed by atoms with Gasteiger partial charge in [0.05, 0.1) is 35.5 Å². The number of carbonyl (C=O) groups is 3. The molecule has 0 saturated carbocycles. The van der Waals surface area contributed by atoms with Gasteiger partial charge in [-0.3, -0.25) is 29.4 Å². The van der Waals surface area contributed by atoms with Crippen LogP contribution >= 0.6 is 0 Å². The van der Waals surface area contributed by atoms with E-state index in [-0.39, 0.29) is 48.7 Å². The van der Waals surface area contributed by atoms with E-state index in [2.05, 4.69) is 0 Å². The van der Waals surface area contributed by atoms with Crippen LogP contribution < -0.4 is 9.80 Å². The number of aliphatic hydroxyl groups excluding tert-OH is 1. The number of amides is 3. The fourth-order valence-electron chi connectivity index (χ4n) is 6.83. The van der Waals surface area contributed by atoms with Crippen LogP contribution in [0.1, 0.15) is 49.3 Å². The van der Waals surface area contributed by atoms with Gasteiger partial charge in [0, 0.05) is 48.7 Å². The van der Waals surface area contributed by atoms with E-state index in [0.29, 0.717) is 30.8 Å². The van der Waals surface area contributed by atoms with Crippen LogP contribution in [0.3, 0.4) is 0 Å². The van der Waals surface area contributed by atoms with Gasteiger partial charge in [-0.1, -0.05) is 49.4 Å². The molecule has 3 amide bonds. The SMILES string of the molecule is C[C@H](/C=C/CC(=O)N1CCC[C@H]1CO)[C@@]1(O)C(=O)N(Cc2ccc(N3C(=O)CCc4ccccc43)cc2)c2ccc([N+](=O)[O-])cc21. The largest absolute Gasteiger partial charge is 0.394 e. The zero-order valence-electron chi connectivity index (χ0n) is 25.5. The Morgan fingerprint density at radius 3 is 2.59 bits per heavy atom. The molecule has 11 nitrogen and oxygen atoms in total. The van der Waals surface area contributed by atoms with E-state index in [0.717, 1.165) is 29.7 Å². The summed E-state index contributed by atoms with van der Waals surface area (Å²) >= 11 is 0. The summed E-state index contributed by atoms with van der Waals surface area (Å²) in [5.74, 6) is -1.60. The number of para-hydroxylation sites is 1. The fourth-order valence-corrected chi connectivity index (χ4v) is 6.83. The summed E-state index contributed by atoms with van der Waals surface area (Å²) in [7, 11) is 0. The number of aliphatic hydroxyl groups is 2. The number of anilines is 3. The molecular weight excluding hydrogens is 588 g/mol. The zero-order chi connectivity index (χ0) is 32.6. The second kappa shape index (κ2) is 12.5. The highest BCUT2D eigenvalue weighted by molar-refractivity contribution is 6.07. The third-order valence-electron chi connectivity index (χ3n) is 9.37. The summed E-state index contributed by atoms with van der Waals surface area (Å²) < 4.78 is 0. The van der Waals surface area contributed by atoms with Gasteiger partial charge in [-0.2, -0.15) is 0 Å². The van der Waals surface area contributed by atoms with Crippen molar-refractivity contribution in [3.63, 3.8) is 0 Å². The number of nitro groups is 1. The van der Waals surface area contributed by atoms with Crippen molar-refractivity contribution in [3.8, 4) is 0 Å². The fraction of sp³-hybridized carbons (Fsp3) is 0.343. The topological polar surface area (TPSA) is 145 Å². The molecule has 3 aliphatic rings. The average Bonchev–Trinajstić information content (AvgIpc) is 3.63. The Bertz CT molecular complexity index is 1720. The Morgan fingerprint density at radius 2 is 1.85 bits per heavy atom. The molecule has 11 heteroatoms. The molecule has 0 aliphatic carbocycles. The molecular formula is C35H36N4O7. The molecule has 238 valence electrons. The molecule has 0 unspecified atom stereocenters. The van der Waals surface area contributed by atoms with Crippen molar-refractivity contribution in [1.29, 1.82) is 0 Å². The molecule has 46 heavy (non-hydrogen) atoms. The first-order chi connectivity index (χ1) is 22.1. The van der Waals surface area contributed by atoms with Crippen LogP contribution in [0.4, 0.5) is 22.7 Å². The predicted molar refractivity (Wildman–Crippen MR) is 171 cm³/mol. The summed E-state index contributed by atoms with van der Waals surface area (Å²) in [5, 5.41) is 33.2. The number of hydrogen-bond donors (Lipinski definition) is 2. The van der Waals surface area contributed by atoms with Crippen LogP contribution in [0, 0.1) is 16.0 Å². The molecule has 0 aromatic heterocycles. The highest BCUT2D eigenvalue weighted by Gasteiger charge is 2.53. The number of aryl methyl sites for hydroxylation is 1. The molecule has 1 fully saturated rings. The third kappa shape index (κ3) is 5.45. The molecule has 1 saturated heterocycles. The van der Waals surface area contributed by atoms with E-state index in [1.165, 1.54) is 23.1 Å². The van der Waals surface area contributed by atoms with Crippen molar-refractivity contribution in [1.82, 2.24) is 4.90 Å². The van der Waals surface area contributed by atoms with Crippen LogP contribution in [0.15, 0.2) is 78.9 Å². The Labute approximate surface area is 266 Å². The third-order valence-corrected chi connectivity index (χ3v) is 9.37. The van der Waals surface area contributed by atoms with Crippen molar-refractivity contribution >= 4 is 40.5 Å². The number of rotatable bonds is 9. The van der Waals surface area contributed by atoms with Crippen molar-refractivity contribution < 1.29 is 29.5 Å². The van der Waals surface area contributed by atoms with Crippen LogP contribution in [-0.2, 0) is 33.0 Å². The van der Waals surface area contributed by atoms with Crippen LogP contribution in [0.2, 0.25) is 0 Å². The van der Waals surface area contributed by atoms with Gasteiger partial charge in [0.25, 0.3) is 11.6 Å². The van der Waals surface area contributed by atoms with Crippen molar-refractivity contribution in [2.45, 2.75) is 57.2 Å². The van der Waals surface area contributed by atoms with Gasteiger partial charge in [-0.25, -0.2) is 0 Å². The number of nitrogens with zero attached hydrogens (tertiary/aromatic N) is 4. The molecule has 0 radical (unpaired) electrons. The van der Waals surface area contributed by atoms with Gasteiger partial charge >= 0.3 is 0 Å². The number of nitro benzene ring substituents is 1. The Kier molecular flexibility index (Phi) is 8.45. The smallest absolute Gasteiger partial charge is 0.269 e. The molecule has 3 aliphatic heterocycles. The van der Waals surface area contributed by atoms with Gasteiger partial charge < -0.3 is 20.0 Å². The van der Waals surface area contributed by atoms with Crippen molar-refractivity contribution in [2.24, 2.45) is 5.92 Å². The molecule has 0 bridgehead atoms. The number of hydrogen-bond acceptors (Lipinski definition) is 7. The van der Waals surface area contributed by atoms with E-state index in [4.69, 9.17) is 0 Å². The van der Waals surface area contributed by atoms with E-state index >= 15 is 0 Å². The minimum absolute atomic E-state index is 0.000794. The van der Waals surface area contributed by atoms with Gasteiger partial charge in [0.15, 0.2) is 5.60 Å². The predicted octanol–water partition coefficient (Wildman–Crippen LogP) is 4.51. The van der Waals surface area contributed by atoms with Gasteiger partial charge in [-0.15, -0.1) is 0 Å². The van der Waals surface area contributed by atoms with Crippen molar-refractivity contribution in [2.75, 3.05) is 23.0 Å². The summed E-state index contributed by atoms with van der Waals surface area (Å²) in [5.41, 5.74) is 1.51. The number of likely N-dealkylation sites (tertiary alicyclic amines) is 1. The van der Waals surface area contributed by atoms with Crippen molar-refractivity contribution in [3.05, 3.63) is 106 Å². The standard InChI is InChI=1S/C35H36N4O7/c1-23(6-4-10-32(41)36-19-5-8-28(36)22-40)35(44)29-20-27(39(45)46)16-17-31(29)37(34(35)43)21-24-11-14-26(15-12-24)38-30-9-3-2-7-25(30)13-18-33(38)42/h2-4,6-7,9,11-12,14-17,20,23,28,40,44H,5,8,10,13,18-19,21-22H2,1H3/b6-4+/t23-,28+,35+/m1/s1. The molecule has 3 aromatic carbocycles. The van der Waals surface area contributed by atoms with E-state index in [1.54, 1.807) is 28.9 Å². The lowest BCUT2D eigenvalue weighted by molar-refractivity contribution is -0.385. The van der Waals surface area contributed by atoms with E-state index in [1.807, 2.05) is 48.5 Å². The first kappa shape index (κ1) is 31.1. The van der Waals surface area contributed by atoms with Gasteiger partial charge in [0.2, 0.25) is 11.8 Å². The second-order valence-electron chi connectivity index (χ2n) is 12.1. The first-order valence-corrected chi connectivity index (χ1v) is 15.5. The maximum atomic E-state index is 14.0. The molecule has 3 aromatic rings. The summed E-state index contributed by atoms with van der Waals surface area (Å²) in [6.45, 7) is 2.20. The van der Waals surface area contributed by atoms with Gasteiger partial charge in [0.1, 0.15) is 0 Å². The number of fused-ring (bicyclic) bond motifs is 2.